The van der Waals surface area contributed by atoms with Crippen LogP contribution in [-0.4, -0.2) is 38.0 Å². The molecular weight excluding hydrogens is 208 g/mol. The predicted octanol–water partition coefficient (Wildman–Crippen LogP) is 1.52. The lowest BCUT2D eigenvalue weighted by Gasteiger charge is -2.17. The number of carbonyl (C=O) groups is 1. The molecule has 0 bridgehead atoms. The van der Waals surface area contributed by atoms with E-state index in [9.17, 15) is 4.79 Å². The van der Waals surface area contributed by atoms with Gasteiger partial charge in [-0.25, -0.2) is 0 Å². The molecule has 0 N–H and O–H groups in total. The first-order chi connectivity index (χ1) is 7.81. The Morgan fingerprint density at radius 3 is 2.94 bits per heavy atom. The fourth-order valence-electron chi connectivity index (χ4n) is 2.21. The molecule has 4 nitrogen and oxygen atoms in total. The third-order valence-corrected chi connectivity index (χ3v) is 3.22. The molecule has 0 radical (unpaired) electrons. The number of fused-ring (bicyclic) bond motifs is 1. The number of esters is 1. The highest BCUT2D eigenvalue weighted by molar-refractivity contribution is 5.72. The Hall–Kier alpha value is -0.610. The van der Waals surface area contributed by atoms with Crippen molar-refractivity contribution in [2.24, 2.45) is 5.92 Å². The first-order valence-corrected chi connectivity index (χ1v) is 6.21. The van der Waals surface area contributed by atoms with Crippen LogP contribution in [0.4, 0.5) is 0 Å². The van der Waals surface area contributed by atoms with E-state index in [1.807, 2.05) is 6.92 Å². The summed E-state index contributed by atoms with van der Waals surface area (Å²) in [7, 11) is 0. The van der Waals surface area contributed by atoms with Gasteiger partial charge in [-0.1, -0.05) is 0 Å². The highest BCUT2D eigenvalue weighted by atomic mass is 16.6. The maximum atomic E-state index is 11.7. The van der Waals surface area contributed by atoms with E-state index in [4.69, 9.17) is 14.2 Å². The second-order valence-electron chi connectivity index (χ2n) is 4.44. The topological polar surface area (TPSA) is 48.1 Å². The van der Waals surface area contributed by atoms with Crippen LogP contribution in [0.25, 0.3) is 0 Å². The number of epoxide rings is 1. The van der Waals surface area contributed by atoms with E-state index in [-0.39, 0.29) is 11.9 Å². The maximum Gasteiger partial charge on any atom is 0.309 e. The maximum absolute atomic E-state index is 11.7. The SMILES string of the molecule is CCOCCCOC(=O)C1CCC2OC2C1. The third kappa shape index (κ3) is 3.19. The molecule has 0 aromatic rings. The third-order valence-electron chi connectivity index (χ3n) is 3.22. The van der Waals surface area contributed by atoms with Crippen LogP contribution in [0.5, 0.6) is 0 Å². The lowest BCUT2D eigenvalue weighted by atomic mass is 9.89. The molecule has 0 aromatic heterocycles. The minimum Gasteiger partial charge on any atom is -0.465 e. The van der Waals surface area contributed by atoms with Gasteiger partial charge in [0.2, 0.25) is 0 Å². The van der Waals surface area contributed by atoms with Crippen molar-refractivity contribution in [1.29, 1.82) is 0 Å². The molecule has 3 atom stereocenters. The van der Waals surface area contributed by atoms with Gasteiger partial charge in [0.25, 0.3) is 0 Å². The second-order valence-corrected chi connectivity index (χ2v) is 4.44. The Morgan fingerprint density at radius 2 is 2.19 bits per heavy atom. The van der Waals surface area contributed by atoms with E-state index in [1.54, 1.807) is 0 Å². The molecule has 3 unspecified atom stereocenters. The number of rotatable bonds is 6. The fourth-order valence-corrected chi connectivity index (χ4v) is 2.21. The Balaban J connectivity index is 1.56. The van der Waals surface area contributed by atoms with E-state index in [0.29, 0.717) is 25.4 Å². The molecule has 1 aliphatic heterocycles. The Morgan fingerprint density at radius 1 is 1.31 bits per heavy atom. The average Bonchev–Trinajstić information content (AvgIpc) is 3.06. The zero-order valence-corrected chi connectivity index (χ0v) is 9.81. The standard InChI is InChI=1S/C12H20O4/c1-2-14-6-3-7-15-12(13)9-4-5-10-11(8-9)16-10/h9-11H,2-8H2,1H3. The normalized spacial score (nSPS) is 31.9. The minimum atomic E-state index is -0.0505. The Kier molecular flexibility index (Phi) is 4.18. The van der Waals surface area contributed by atoms with Crippen molar-refractivity contribution >= 4 is 5.97 Å². The largest absolute Gasteiger partial charge is 0.465 e. The van der Waals surface area contributed by atoms with Crippen LogP contribution in [0.15, 0.2) is 0 Å². The van der Waals surface area contributed by atoms with E-state index < -0.39 is 0 Å². The molecule has 1 heterocycles. The molecule has 16 heavy (non-hydrogen) atoms. The summed E-state index contributed by atoms with van der Waals surface area (Å²) in [6.45, 7) is 3.82. The summed E-state index contributed by atoms with van der Waals surface area (Å²) in [5, 5.41) is 0. The molecule has 0 spiro atoms. The summed E-state index contributed by atoms with van der Waals surface area (Å²) in [5.74, 6) is 0.0151. The van der Waals surface area contributed by atoms with Crippen molar-refractivity contribution in [3.8, 4) is 0 Å². The Labute approximate surface area is 96.2 Å². The second kappa shape index (κ2) is 5.64. The van der Waals surface area contributed by atoms with Gasteiger partial charge >= 0.3 is 5.97 Å². The van der Waals surface area contributed by atoms with Crippen LogP contribution in [0.1, 0.15) is 32.6 Å². The number of carbonyl (C=O) groups excluding carboxylic acids is 1. The van der Waals surface area contributed by atoms with Gasteiger partial charge in [-0.3, -0.25) is 4.79 Å². The molecule has 2 fully saturated rings. The molecule has 0 aromatic carbocycles. The molecule has 2 rings (SSSR count). The highest BCUT2D eigenvalue weighted by Crippen LogP contribution is 2.39. The van der Waals surface area contributed by atoms with Gasteiger partial charge in [-0.15, -0.1) is 0 Å². The van der Waals surface area contributed by atoms with Crippen molar-refractivity contribution in [3.05, 3.63) is 0 Å². The fraction of sp³-hybridized carbons (Fsp3) is 0.917. The molecule has 1 saturated heterocycles. The smallest absolute Gasteiger partial charge is 0.309 e. The molecule has 92 valence electrons. The van der Waals surface area contributed by atoms with Crippen molar-refractivity contribution in [1.82, 2.24) is 0 Å². The number of ether oxygens (including phenoxy) is 3. The van der Waals surface area contributed by atoms with Gasteiger partial charge < -0.3 is 14.2 Å². The van der Waals surface area contributed by atoms with Crippen molar-refractivity contribution in [3.63, 3.8) is 0 Å². The molecule has 0 amide bonds. The van der Waals surface area contributed by atoms with Crippen LogP contribution in [0.3, 0.4) is 0 Å². The van der Waals surface area contributed by atoms with Gasteiger partial charge in [-0.05, 0) is 26.2 Å². The predicted molar refractivity (Wildman–Crippen MR) is 58.1 cm³/mol. The Bertz CT molecular complexity index is 241. The van der Waals surface area contributed by atoms with Gasteiger partial charge in [0.1, 0.15) is 0 Å². The summed E-state index contributed by atoms with van der Waals surface area (Å²) >= 11 is 0. The first-order valence-electron chi connectivity index (χ1n) is 6.21. The lowest BCUT2D eigenvalue weighted by Crippen LogP contribution is -2.24. The van der Waals surface area contributed by atoms with Crippen LogP contribution < -0.4 is 0 Å². The van der Waals surface area contributed by atoms with Crippen molar-refractivity contribution in [2.45, 2.75) is 44.8 Å². The molecule has 2 aliphatic rings. The van der Waals surface area contributed by atoms with Crippen LogP contribution in [-0.2, 0) is 19.0 Å². The van der Waals surface area contributed by atoms with E-state index in [0.717, 1.165) is 32.3 Å². The minimum absolute atomic E-state index is 0.0505. The average molecular weight is 228 g/mol. The van der Waals surface area contributed by atoms with E-state index >= 15 is 0 Å². The van der Waals surface area contributed by atoms with Crippen molar-refractivity contribution < 1.29 is 19.0 Å². The molecular formula is C12H20O4. The van der Waals surface area contributed by atoms with E-state index in [2.05, 4.69) is 0 Å². The van der Waals surface area contributed by atoms with Gasteiger partial charge in [0, 0.05) is 19.6 Å². The summed E-state index contributed by atoms with van der Waals surface area (Å²) in [4.78, 5) is 11.7. The highest BCUT2D eigenvalue weighted by Gasteiger charge is 2.46. The monoisotopic (exact) mass is 228 g/mol. The summed E-state index contributed by atoms with van der Waals surface area (Å²) in [5.41, 5.74) is 0. The number of hydrogen-bond donors (Lipinski definition) is 0. The first kappa shape index (κ1) is 11.9. The van der Waals surface area contributed by atoms with Gasteiger partial charge in [0.15, 0.2) is 0 Å². The zero-order chi connectivity index (χ0) is 11.4. The van der Waals surface area contributed by atoms with Crippen LogP contribution in [0, 0.1) is 5.92 Å². The molecule has 1 saturated carbocycles. The van der Waals surface area contributed by atoms with E-state index in [1.165, 1.54) is 0 Å². The van der Waals surface area contributed by atoms with Gasteiger partial charge in [-0.2, -0.15) is 0 Å². The quantitative estimate of drug-likeness (QED) is 0.393. The van der Waals surface area contributed by atoms with Crippen molar-refractivity contribution in [2.75, 3.05) is 19.8 Å². The lowest BCUT2D eigenvalue weighted by molar-refractivity contribution is -0.149. The van der Waals surface area contributed by atoms with Crippen LogP contribution >= 0.6 is 0 Å². The molecule has 1 aliphatic carbocycles. The zero-order valence-electron chi connectivity index (χ0n) is 9.81. The van der Waals surface area contributed by atoms with Crippen LogP contribution in [0.2, 0.25) is 0 Å². The summed E-state index contributed by atoms with van der Waals surface area (Å²) < 4.78 is 15.8. The van der Waals surface area contributed by atoms with Gasteiger partial charge in [0.05, 0.1) is 24.7 Å². The summed E-state index contributed by atoms with van der Waals surface area (Å²) in [6, 6.07) is 0. The number of hydrogen-bond acceptors (Lipinski definition) is 4. The molecule has 4 heteroatoms. The summed E-state index contributed by atoms with van der Waals surface area (Å²) in [6.07, 6.45) is 4.37.